The van der Waals surface area contributed by atoms with E-state index in [0.717, 1.165) is 0 Å². The number of ether oxygens (including phenoxy) is 1. The summed E-state index contributed by atoms with van der Waals surface area (Å²) in [7, 11) is 0. The smallest absolute Gasteiger partial charge is 0.0889 e. The molecule has 20 heavy (non-hydrogen) atoms. The van der Waals surface area contributed by atoms with Crippen LogP contribution in [0, 0.1) is 5.41 Å². The second-order valence-electron chi connectivity index (χ2n) is 7.54. The Hall–Kier alpha value is -0.0400. The Morgan fingerprint density at radius 3 is 1.55 bits per heavy atom. The predicted molar refractivity (Wildman–Crippen MR) is 89.2 cm³/mol. The van der Waals surface area contributed by atoms with Gasteiger partial charge in [0.1, 0.15) is 0 Å². The van der Waals surface area contributed by atoms with Gasteiger partial charge in [-0.1, -0.05) is 91.4 Å². The molecule has 1 heteroatoms. The first-order chi connectivity index (χ1) is 9.58. The lowest BCUT2D eigenvalue weighted by atomic mass is 9.82. The van der Waals surface area contributed by atoms with Crippen LogP contribution in [0.2, 0.25) is 0 Å². The highest BCUT2D eigenvalue weighted by Gasteiger charge is 2.45. The lowest BCUT2D eigenvalue weighted by Crippen LogP contribution is -2.20. The molecule has 0 aromatic heterocycles. The minimum absolute atomic E-state index is 0.401. The van der Waals surface area contributed by atoms with Crippen LogP contribution in [0.25, 0.3) is 0 Å². The van der Waals surface area contributed by atoms with Gasteiger partial charge in [-0.25, -0.2) is 0 Å². The summed E-state index contributed by atoms with van der Waals surface area (Å²) in [6.45, 7) is 9.24. The molecule has 2 atom stereocenters. The third-order valence-corrected chi connectivity index (χ3v) is 4.91. The molecule has 0 aromatic carbocycles. The molecule has 1 heterocycles. The van der Waals surface area contributed by atoms with Crippen LogP contribution >= 0.6 is 0 Å². The van der Waals surface area contributed by atoms with E-state index in [1.165, 1.54) is 77.0 Å². The van der Waals surface area contributed by atoms with Crippen LogP contribution in [0.15, 0.2) is 0 Å². The van der Waals surface area contributed by atoms with Gasteiger partial charge in [-0.2, -0.15) is 0 Å². The first-order valence-corrected chi connectivity index (χ1v) is 9.23. The summed E-state index contributed by atoms with van der Waals surface area (Å²) >= 11 is 0. The topological polar surface area (TPSA) is 12.5 Å². The number of unbranched alkanes of at least 4 members (excludes halogenated alkanes) is 10. The van der Waals surface area contributed by atoms with Crippen LogP contribution in [0.5, 0.6) is 0 Å². The molecule has 1 aliphatic heterocycles. The fraction of sp³-hybridized carbons (Fsp3) is 1.00. The fourth-order valence-corrected chi connectivity index (χ4v) is 3.39. The molecule has 0 amide bonds. The molecule has 0 spiro atoms. The highest BCUT2D eigenvalue weighted by molar-refractivity contribution is 4.93. The Bertz CT molecular complexity index is 234. The normalized spacial score (nSPS) is 22.2. The van der Waals surface area contributed by atoms with E-state index in [0.29, 0.717) is 17.6 Å². The maximum Gasteiger partial charge on any atom is 0.0889 e. The molecule has 0 N–H and O–H groups in total. The average Bonchev–Trinajstić information content (AvgIpc) is 3.14. The SMILES string of the molecule is CCCCCCCCCCCCCC(C)(C)C1OC1C. The number of hydrogen-bond acceptors (Lipinski definition) is 1. The quantitative estimate of drug-likeness (QED) is 0.277. The average molecular weight is 283 g/mol. The standard InChI is InChI=1S/C19H38O/c1-5-6-7-8-9-10-11-12-13-14-15-16-19(3,4)18-17(2)20-18/h17-18H,5-16H2,1-4H3. The van der Waals surface area contributed by atoms with E-state index in [4.69, 9.17) is 4.74 Å². The third-order valence-electron chi connectivity index (χ3n) is 4.91. The Labute approximate surface area is 127 Å². The zero-order valence-corrected chi connectivity index (χ0v) is 14.5. The van der Waals surface area contributed by atoms with Gasteiger partial charge in [-0.15, -0.1) is 0 Å². The highest BCUT2D eigenvalue weighted by atomic mass is 16.6. The predicted octanol–water partition coefficient (Wildman–Crippen LogP) is 6.50. The Morgan fingerprint density at radius 1 is 0.750 bits per heavy atom. The molecule has 0 aromatic rings. The number of rotatable bonds is 13. The van der Waals surface area contributed by atoms with E-state index in [9.17, 15) is 0 Å². The summed E-state index contributed by atoms with van der Waals surface area (Å²) in [4.78, 5) is 0. The van der Waals surface area contributed by atoms with Crippen molar-refractivity contribution in [1.82, 2.24) is 0 Å². The van der Waals surface area contributed by atoms with Gasteiger partial charge in [0.2, 0.25) is 0 Å². The largest absolute Gasteiger partial charge is 0.369 e. The molecule has 0 radical (unpaired) electrons. The summed E-state index contributed by atoms with van der Waals surface area (Å²) < 4.78 is 5.63. The second kappa shape index (κ2) is 9.82. The lowest BCUT2D eigenvalue weighted by Gasteiger charge is -2.22. The minimum Gasteiger partial charge on any atom is -0.369 e. The number of hydrogen-bond donors (Lipinski definition) is 0. The Balaban J connectivity index is 1.81. The van der Waals surface area contributed by atoms with Gasteiger partial charge in [-0.05, 0) is 18.8 Å². The first-order valence-electron chi connectivity index (χ1n) is 9.23. The molecule has 1 saturated heterocycles. The summed E-state index contributed by atoms with van der Waals surface area (Å²) in [5.41, 5.74) is 0.401. The van der Waals surface area contributed by atoms with Crippen molar-refractivity contribution < 1.29 is 4.74 Å². The highest BCUT2D eigenvalue weighted by Crippen LogP contribution is 2.41. The lowest BCUT2D eigenvalue weighted by molar-refractivity contribution is 0.219. The van der Waals surface area contributed by atoms with Gasteiger partial charge >= 0.3 is 0 Å². The van der Waals surface area contributed by atoms with Crippen molar-refractivity contribution in [3.63, 3.8) is 0 Å². The summed E-state index contributed by atoms with van der Waals surface area (Å²) in [6, 6.07) is 0. The van der Waals surface area contributed by atoms with E-state index in [2.05, 4.69) is 27.7 Å². The van der Waals surface area contributed by atoms with Crippen molar-refractivity contribution in [2.45, 2.75) is 117 Å². The van der Waals surface area contributed by atoms with Crippen molar-refractivity contribution in [2.24, 2.45) is 5.41 Å². The van der Waals surface area contributed by atoms with Crippen LogP contribution in [0.1, 0.15) is 105 Å². The van der Waals surface area contributed by atoms with Crippen LogP contribution < -0.4 is 0 Å². The van der Waals surface area contributed by atoms with E-state index in [-0.39, 0.29) is 0 Å². The summed E-state index contributed by atoms with van der Waals surface area (Å²) in [6.07, 6.45) is 18.1. The van der Waals surface area contributed by atoms with Crippen LogP contribution in [-0.4, -0.2) is 12.2 Å². The van der Waals surface area contributed by atoms with Crippen molar-refractivity contribution >= 4 is 0 Å². The van der Waals surface area contributed by atoms with Gasteiger partial charge < -0.3 is 4.74 Å². The van der Waals surface area contributed by atoms with E-state index >= 15 is 0 Å². The second-order valence-corrected chi connectivity index (χ2v) is 7.54. The molecule has 0 aliphatic carbocycles. The van der Waals surface area contributed by atoms with Gasteiger partial charge in [0.25, 0.3) is 0 Å². The van der Waals surface area contributed by atoms with Crippen molar-refractivity contribution in [3.8, 4) is 0 Å². The van der Waals surface area contributed by atoms with Crippen molar-refractivity contribution in [2.75, 3.05) is 0 Å². The van der Waals surface area contributed by atoms with Crippen molar-refractivity contribution in [1.29, 1.82) is 0 Å². The maximum absolute atomic E-state index is 5.63. The zero-order chi connectivity index (χ0) is 14.8. The molecule has 0 bridgehead atoms. The molecule has 1 aliphatic rings. The van der Waals surface area contributed by atoms with Crippen LogP contribution in [-0.2, 0) is 4.74 Å². The fourth-order valence-electron chi connectivity index (χ4n) is 3.39. The van der Waals surface area contributed by atoms with Gasteiger partial charge in [0.15, 0.2) is 0 Å². The maximum atomic E-state index is 5.63. The van der Waals surface area contributed by atoms with E-state index in [1.54, 1.807) is 0 Å². The molecular weight excluding hydrogens is 244 g/mol. The first kappa shape index (κ1) is 18.0. The third kappa shape index (κ3) is 7.67. The Kier molecular flexibility index (Phi) is 8.84. The molecule has 2 unspecified atom stereocenters. The summed E-state index contributed by atoms with van der Waals surface area (Å²) in [5.74, 6) is 0. The molecular formula is C19H38O. The molecule has 1 nitrogen and oxygen atoms in total. The monoisotopic (exact) mass is 282 g/mol. The van der Waals surface area contributed by atoms with E-state index in [1.807, 2.05) is 0 Å². The zero-order valence-electron chi connectivity index (χ0n) is 14.5. The summed E-state index contributed by atoms with van der Waals surface area (Å²) in [5, 5.41) is 0. The van der Waals surface area contributed by atoms with Gasteiger partial charge in [0, 0.05) is 0 Å². The van der Waals surface area contributed by atoms with Gasteiger partial charge in [-0.3, -0.25) is 0 Å². The van der Waals surface area contributed by atoms with E-state index < -0.39 is 0 Å². The van der Waals surface area contributed by atoms with Crippen LogP contribution in [0.4, 0.5) is 0 Å². The van der Waals surface area contributed by atoms with Gasteiger partial charge in [0.05, 0.1) is 12.2 Å². The molecule has 1 rings (SSSR count). The molecule has 120 valence electrons. The van der Waals surface area contributed by atoms with Crippen molar-refractivity contribution in [3.05, 3.63) is 0 Å². The molecule has 1 fully saturated rings. The number of epoxide rings is 1. The molecule has 0 saturated carbocycles. The Morgan fingerprint density at radius 2 is 1.15 bits per heavy atom. The van der Waals surface area contributed by atoms with Crippen LogP contribution in [0.3, 0.4) is 0 Å². The minimum atomic E-state index is 0.401.